The predicted octanol–water partition coefficient (Wildman–Crippen LogP) is 0.884. The normalized spacial score (nSPS) is 14.7. The van der Waals surface area contributed by atoms with E-state index in [9.17, 15) is 32.7 Å². The van der Waals surface area contributed by atoms with Crippen LogP contribution in [0.1, 0.15) is 16.3 Å². The van der Waals surface area contributed by atoms with Crippen LogP contribution in [0.4, 0.5) is 13.2 Å². The summed E-state index contributed by atoms with van der Waals surface area (Å²) in [5.41, 5.74) is -0.361. The van der Waals surface area contributed by atoms with Gasteiger partial charge in [-0.1, -0.05) is 11.6 Å². The second-order valence-corrected chi connectivity index (χ2v) is 9.43. The van der Waals surface area contributed by atoms with Crippen LogP contribution in [0.25, 0.3) is 17.1 Å². The zero-order valence-electron chi connectivity index (χ0n) is 21.0. The Morgan fingerprint density at radius 3 is 2.59 bits per heavy atom. The van der Waals surface area contributed by atoms with Crippen molar-refractivity contribution in [3.05, 3.63) is 75.9 Å². The number of piperazine rings is 1. The summed E-state index contributed by atoms with van der Waals surface area (Å²) in [6.45, 7) is -0.940. The summed E-state index contributed by atoms with van der Waals surface area (Å²) in [6.07, 6.45) is -5.08. The second-order valence-electron chi connectivity index (χ2n) is 8.99. The van der Waals surface area contributed by atoms with Gasteiger partial charge in [-0.3, -0.25) is 14.2 Å². The molecular weight excluding hydrogens is 571 g/mol. The third-order valence-electron chi connectivity index (χ3n) is 6.15. The van der Waals surface area contributed by atoms with Gasteiger partial charge in [0.2, 0.25) is 5.91 Å². The van der Waals surface area contributed by atoms with Crippen LogP contribution in [0.2, 0.25) is 5.02 Å². The van der Waals surface area contributed by atoms with E-state index < -0.39 is 30.4 Å². The summed E-state index contributed by atoms with van der Waals surface area (Å²) < 4.78 is 42.2. The highest BCUT2D eigenvalue weighted by atomic mass is 35.5. The largest absolute Gasteiger partial charge is 0.416 e. The number of rotatable bonds is 7. The molecule has 5 rings (SSSR count). The van der Waals surface area contributed by atoms with Crippen LogP contribution in [0, 0.1) is 0 Å². The van der Waals surface area contributed by atoms with E-state index >= 15 is 0 Å². The van der Waals surface area contributed by atoms with Crippen molar-refractivity contribution in [1.82, 2.24) is 44.3 Å². The van der Waals surface area contributed by atoms with Crippen LogP contribution in [0.3, 0.4) is 0 Å². The van der Waals surface area contributed by atoms with E-state index in [4.69, 9.17) is 11.6 Å². The Balaban J connectivity index is 1.45. The standard InChI is InChI=1S/C24H21ClF3N9O4/c25-15-5-3-14(4-6-15)21-33-36(23(41)35(21)10-17(38)24(26,27)28)11-18-31-13-37(32-18)16-2-1-7-30-20(16)22(40)34-9-8-29-19(39)12-34/h1-7,13,17,38H,8-12H2,(H,29,39)/t17-/m1/s1. The van der Waals surface area contributed by atoms with Crippen molar-refractivity contribution >= 4 is 23.4 Å². The van der Waals surface area contributed by atoms with Gasteiger partial charge in [-0.25, -0.2) is 24.1 Å². The van der Waals surface area contributed by atoms with Crippen molar-refractivity contribution in [2.45, 2.75) is 25.4 Å². The van der Waals surface area contributed by atoms with E-state index in [1.807, 2.05) is 0 Å². The number of amides is 2. The lowest BCUT2D eigenvalue weighted by molar-refractivity contribution is -0.207. The van der Waals surface area contributed by atoms with Crippen LogP contribution in [-0.4, -0.2) is 87.8 Å². The number of nitrogens with one attached hydrogen (secondary N) is 1. The molecule has 1 atom stereocenters. The van der Waals surface area contributed by atoms with Gasteiger partial charge < -0.3 is 15.3 Å². The van der Waals surface area contributed by atoms with Gasteiger partial charge in [-0.2, -0.15) is 13.2 Å². The maximum Gasteiger partial charge on any atom is 0.416 e. The maximum atomic E-state index is 13.1. The minimum atomic E-state index is -4.96. The van der Waals surface area contributed by atoms with Gasteiger partial charge in [-0.15, -0.1) is 10.2 Å². The fraction of sp³-hybridized carbons (Fsp3) is 0.292. The van der Waals surface area contributed by atoms with E-state index in [-0.39, 0.29) is 42.0 Å². The van der Waals surface area contributed by atoms with Gasteiger partial charge in [0.15, 0.2) is 23.4 Å². The molecule has 4 aromatic rings. The van der Waals surface area contributed by atoms with E-state index in [1.165, 1.54) is 46.4 Å². The molecule has 1 aliphatic rings. The van der Waals surface area contributed by atoms with Gasteiger partial charge >= 0.3 is 11.9 Å². The number of aromatic nitrogens is 7. The Morgan fingerprint density at radius 1 is 1.12 bits per heavy atom. The fourth-order valence-corrected chi connectivity index (χ4v) is 4.25. The monoisotopic (exact) mass is 591 g/mol. The predicted molar refractivity (Wildman–Crippen MR) is 136 cm³/mol. The molecule has 1 saturated heterocycles. The molecular formula is C24H21ClF3N9O4. The molecule has 2 amide bonds. The summed E-state index contributed by atoms with van der Waals surface area (Å²) in [4.78, 5) is 47.6. The Bertz CT molecular complexity index is 1650. The molecule has 4 heterocycles. The number of hydrogen-bond acceptors (Lipinski definition) is 8. The highest BCUT2D eigenvalue weighted by Crippen LogP contribution is 2.24. The fourth-order valence-electron chi connectivity index (χ4n) is 4.13. The number of carbonyl (C=O) groups is 2. The lowest BCUT2D eigenvalue weighted by Crippen LogP contribution is -2.50. The number of benzene rings is 1. The number of alkyl halides is 3. The van der Waals surface area contributed by atoms with Crippen molar-refractivity contribution in [1.29, 1.82) is 0 Å². The number of aliphatic hydroxyl groups excluding tert-OH is 1. The van der Waals surface area contributed by atoms with Crippen molar-refractivity contribution < 1.29 is 27.9 Å². The first-order valence-corrected chi connectivity index (χ1v) is 12.5. The van der Waals surface area contributed by atoms with Crippen molar-refractivity contribution in [3.63, 3.8) is 0 Å². The smallest absolute Gasteiger partial charge is 0.382 e. The van der Waals surface area contributed by atoms with E-state index in [0.717, 1.165) is 4.68 Å². The molecule has 1 fully saturated rings. The molecule has 0 radical (unpaired) electrons. The molecule has 0 unspecified atom stereocenters. The molecule has 2 N–H and O–H groups in total. The quantitative estimate of drug-likeness (QED) is 0.321. The Hall–Kier alpha value is -4.57. The molecule has 0 saturated carbocycles. The Labute approximate surface area is 233 Å². The summed E-state index contributed by atoms with van der Waals surface area (Å²) in [5, 5.41) is 21.1. The molecule has 0 spiro atoms. The summed E-state index contributed by atoms with van der Waals surface area (Å²) in [5.74, 6) is -0.857. The zero-order chi connectivity index (χ0) is 29.3. The summed E-state index contributed by atoms with van der Waals surface area (Å²) in [7, 11) is 0. The van der Waals surface area contributed by atoms with Gasteiger partial charge in [-0.05, 0) is 36.4 Å². The lowest BCUT2D eigenvalue weighted by Gasteiger charge is -2.26. The minimum Gasteiger partial charge on any atom is -0.382 e. The molecule has 1 aliphatic heterocycles. The molecule has 0 bridgehead atoms. The van der Waals surface area contributed by atoms with Crippen LogP contribution in [0.15, 0.2) is 53.7 Å². The molecule has 1 aromatic carbocycles. The van der Waals surface area contributed by atoms with Gasteiger partial charge in [0.05, 0.1) is 18.8 Å². The summed E-state index contributed by atoms with van der Waals surface area (Å²) in [6, 6.07) is 9.07. The van der Waals surface area contributed by atoms with Crippen LogP contribution in [-0.2, 0) is 17.9 Å². The van der Waals surface area contributed by atoms with Crippen LogP contribution < -0.4 is 11.0 Å². The first-order chi connectivity index (χ1) is 19.5. The molecule has 13 nitrogen and oxygen atoms in total. The molecule has 214 valence electrons. The van der Waals surface area contributed by atoms with E-state index in [0.29, 0.717) is 28.2 Å². The topological polar surface area (TPSA) is 153 Å². The van der Waals surface area contributed by atoms with Gasteiger partial charge in [0, 0.05) is 29.9 Å². The number of nitrogens with zero attached hydrogens (tertiary/aromatic N) is 8. The number of halogens is 4. The van der Waals surface area contributed by atoms with E-state index in [2.05, 4.69) is 25.5 Å². The summed E-state index contributed by atoms with van der Waals surface area (Å²) >= 11 is 5.91. The van der Waals surface area contributed by atoms with Crippen molar-refractivity contribution in [2.75, 3.05) is 19.6 Å². The van der Waals surface area contributed by atoms with Gasteiger partial charge in [0.25, 0.3) is 5.91 Å². The van der Waals surface area contributed by atoms with Crippen molar-refractivity contribution in [3.8, 4) is 17.1 Å². The average Bonchev–Trinajstić information content (AvgIpc) is 3.53. The number of pyridine rings is 1. The second kappa shape index (κ2) is 11.1. The Kier molecular flexibility index (Phi) is 7.59. The van der Waals surface area contributed by atoms with Crippen LogP contribution >= 0.6 is 11.6 Å². The van der Waals surface area contributed by atoms with E-state index in [1.54, 1.807) is 12.1 Å². The first-order valence-electron chi connectivity index (χ1n) is 12.1. The van der Waals surface area contributed by atoms with Crippen molar-refractivity contribution in [2.24, 2.45) is 0 Å². The number of carbonyl (C=O) groups excluding carboxylic acids is 2. The third kappa shape index (κ3) is 5.97. The molecule has 17 heteroatoms. The Morgan fingerprint density at radius 2 is 1.88 bits per heavy atom. The minimum absolute atomic E-state index is 0.0197. The number of aliphatic hydroxyl groups is 1. The SMILES string of the molecule is O=C1CN(C(=O)c2ncccc2-n2cnc(Cn3nc(-c4ccc(Cl)cc4)n(C[C@@H](O)C(F)(F)F)c3=O)n2)CCN1. The molecule has 0 aliphatic carbocycles. The zero-order valence-corrected chi connectivity index (χ0v) is 21.7. The maximum absolute atomic E-state index is 13.1. The first kappa shape index (κ1) is 28.0. The average molecular weight is 592 g/mol. The highest BCUT2D eigenvalue weighted by Gasteiger charge is 2.39. The van der Waals surface area contributed by atoms with Crippen LogP contribution in [0.5, 0.6) is 0 Å². The molecule has 3 aromatic heterocycles. The third-order valence-corrected chi connectivity index (χ3v) is 6.40. The van der Waals surface area contributed by atoms with Gasteiger partial charge in [0.1, 0.15) is 12.9 Å². The lowest BCUT2D eigenvalue weighted by atomic mass is 10.2. The highest BCUT2D eigenvalue weighted by molar-refractivity contribution is 6.30. The number of hydrogen-bond donors (Lipinski definition) is 2. The molecule has 41 heavy (non-hydrogen) atoms.